The van der Waals surface area contributed by atoms with Gasteiger partial charge in [0.15, 0.2) is 0 Å². The van der Waals surface area contributed by atoms with Gasteiger partial charge in [0, 0.05) is 24.3 Å². The summed E-state index contributed by atoms with van der Waals surface area (Å²) in [5.74, 6) is 1.28. The molecule has 1 aromatic rings. The smallest absolute Gasteiger partial charge is 0.315 e. The molecule has 0 saturated heterocycles. The van der Waals surface area contributed by atoms with E-state index < -0.39 is 0 Å². The van der Waals surface area contributed by atoms with E-state index in [1.165, 1.54) is 12.8 Å². The van der Waals surface area contributed by atoms with Crippen LogP contribution in [0.5, 0.6) is 5.88 Å². The fraction of sp³-hybridized carbons (Fsp3) is 0.667. The number of hydrogen-bond acceptors (Lipinski definition) is 3. The number of nitrogens with zero attached hydrogens (tertiary/aromatic N) is 1. The average molecular weight is 317 g/mol. The van der Waals surface area contributed by atoms with Crippen LogP contribution in [0.2, 0.25) is 0 Å². The lowest BCUT2D eigenvalue weighted by Crippen LogP contribution is -2.50. The predicted octanol–water partition coefficient (Wildman–Crippen LogP) is 3.10. The topological polar surface area (TPSA) is 63.2 Å². The van der Waals surface area contributed by atoms with Gasteiger partial charge in [0.05, 0.1) is 7.11 Å². The van der Waals surface area contributed by atoms with Gasteiger partial charge in [0.1, 0.15) is 0 Å². The zero-order chi connectivity index (χ0) is 16.7. The molecule has 1 aromatic heterocycles. The summed E-state index contributed by atoms with van der Waals surface area (Å²) in [6.45, 7) is 7.45. The summed E-state index contributed by atoms with van der Waals surface area (Å²) >= 11 is 0. The quantitative estimate of drug-likeness (QED) is 0.897. The van der Waals surface area contributed by atoms with Crippen LogP contribution in [0.25, 0.3) is 0 Å². The van der Waals surface area contributed by atoms with Crippen molar-refractivity contribution in [2.45, 2.75) is 52.6 Å². The molecule has 2 saturated carbocycles. The summed E-state index contributed by atoms with van der Waals surface area (Å²) in [7, 11) is 1.59. The minimum Gasteiger partial charge on any atom is -0.481 e. The van der Waals surface area contributed by atoms with Crippen LogP contribution in [0.3, 0.4) is 0 Å². The molecule has 2 bridgehead atoms. The maximum absolute atomic E-state index is 12.3. The summed E-state index contributed by atoms with van der Waals surface area (Å²) in [6, 6.07) is 3.91. The highest BCUT2D eigenvalue weighted by molar-refractivity contribution is 5.74. The van der Waals surface area contributed by atoms with Crippen LogP contribution < -0.4 is 15.4 Å². The first kappa shape index (κ1) is 16.1. The molecular weight excluding hydrogens is 290 g/mol. The van der Waals surface area contributed by atoms with Gasteiger partial charge < -0.3 is 15.4 Å². The zero-order valence-electron chi connectivity index (χ0n) is 14.5. The van der Waals surface area contributed by atoms with E-state index in [4.69, 9.17) is 4.74 Å². The molecule has 0 aliphatic heterocycles. The van der Waals surface area contributed by atoms with Crippen LogP contribution in [0.15, 0.2) is 18.3 Å². The van der Waals surface area contributed by atoms with E-state index in [1.807, 2.05) is 12.1 Å². The fourth-order valence-electron chi connectivity index (χ4n) is 4.55. The Morgan fingerprint density at radius 3 is 2.83 bits per heavy atom. The molecule has 23 heavy (non-hydrogen) atoms. The number of nitrogens with one attached hydrogen (secondary N) is 2. The molecule has 2 amide bonds. The van der Waals surface area contributed by atoms with Crippen molar-refractivity contribution in [3.05, 3.63) is 23.9 Å². The number of fused-ring (bicyclic) bond motifs is 2. The van der Waals surface area contributed by atoms with Crippen molar-refractivity contribution in [3.63, 3.8) is 0 Å². The molecule has 0 spiro atoms. The van der Waals surface area contributed by atoms with Gasteiger partial charge in [-0.05, 0) is 42.1 Å². The van der Waals surface area contributed by atoms with E-state index in [9.17, 15) is 4.79 Å². The number of hydrogen-bond donors (Lipinski definition) is 2. The molecule has 3 atom stereocenters. The molecule has 2 aliphatic carbocycles. The zero-order valence-corrected chi connectivity index (χ0v) is 14.5. The van der Waals surface area contributed by atoms with Crippen LogP contribution in [-0.4, -0.2) is 24.2 Å². The van der Waals surface area contributed by atoms with E-state index in [0.29, 0.717) is 17.8 Å². The van der Waals surface area contributed by atoms with Crippen molar-refractivity contribution in [3.8, 4) is 5.88 Å². The molecule has 3 rings (SSSR count). The van der Waals surface area contributed by atoms with Crippen molar-refractivity contribution in [1.29, 1.82) is 0 Å². The van der Waals surface area contributed by atoms with Gasteiger partial charge in [-0.2, -0.15) is 0 Å². The average Bonchev–Trinajstić information content (AvgIpc) is 2.86. The van der Waals surface area contributed by atoms with Crippen LogP contribution in [0.4, 0.5) is 4.79 Å². The summed E-state index contributed by atoms with van der Waals surface area (Å²) < 4.78 is 5.21. The Balaban J connectivity index is 1.59. The molecule has 2 aliphatic rings. The minimum atomic E-state index is -0.106. The Morgan fingerprint density at radius 1 is 1.43 bits per heavy atom. The molecule has 0 aromatic carbocycles. The van der Waals surface area contributed by atoms with E-state index >= 15 is 0 Å². The first-order valence-corrected chi connectivity index (χ1v) is 8.41. The Morgan fingerprint density at radius 2 is 2.22 bits per heavy atom. The number of carbonyl (C=O) groups excluding carboxylic acids is 1. The van der Waals surface area contributed by atoms with Gasteiger partial charge in [-0.1, -0.05) is 26.8 Å². The lowest BCUT2D eigenvalue weighted by molar-refractivity contribution is 0.123. The van der Waals surface area contributed by atoms with Crippen molar-refractivity contribution < 1.29 is 9.53 Å². The molecule has 126 valence electrons. The summed E-state index contributed by atoms with van der Waals surface area (Å²) in [4.78, 5) is 16.5. The summed E-state index contributed by atoms with van der Waals surface area (Å²) in [5, 5.41) is 6.14. The second kappa shape index (κ2) is 5.69. The largest absolute Gasteiger partial charge is 0.481 e. The molecular formula is C18H27N3O2. The lowest BCUT2D eigenvalue weighted by Gasteiger charge is -2.39. The second-order valence-corrected chi connectivity index (χ2v) is 7.66. The van der Waals surface area contributed by atoms with Crippen molar-refractivity contribution >= 4 is 6.03 Å². The van der Waals surface area contributed by atoms with Gasteiger partial charge in [-0.25, -0.2) is 9.78 Å². The van der Waals surface area contributed by atoms with E-state index in [2.05, 4.69) is 36.4 Å². The third-order valence-corrected chi connectivity index (χ3v) is 6.58. The SMILES string of the molecule is COc1ncccc1CNC(=O)N[C@H]1C[C@H]2CC[C@@]1(C)C2(C)C. The van der Waals surface area contributed by atoms with Crippen LogP contribution in [0, 0.1) is 16.7 Å². The van der Waals surface area contributed by atoms with Crippen molar-refractivity contribution in [2.24, 2.45) is 16.7 Å². The molecule has 0 radical (unpaired) electrons. The number of methoxy groups -OCH3 is 1. The fourth-order valence-corrected chi connectivity index (χ4v) is 4.55. The van der Waals surface area contributed by atoms with Crippen LogP contribution in [0.1, 0.15) is 45.6 Å². The van der Waals surface area contributed by atoms with E-state index in [0.717, 1.165) is 17.9 Å². The van der Waals surface area contributed by atoms with Crippen LogP contribution >= 0.6 is 0 Å². The Kier molecular flexibility index (Phi) is 3.98. The standard InChI is InChI=1S/C18H27N3O2/c1-17(2)13-7-8-18(17,3)14(10-13)21-16(22)20-11-12-6-5-9-19-15(12)23-4/h5-6,9,13-14H,7-8,10-11H2,1-4H3,(H2,20,21,22)/t13-,14+,18-/m1/s1. The van der Waals surface area contributed by atoms with Crippen LogP contribution in [-0.2, 0) is 6.54 Å². The predicted molar refractivity (Wildman–Crippen MR) is 89.2 cm³/mol. The van der Waals surface area contributed by atoms with Crippen molar-refractivity contribution in [2.75, 3.05) is 7.11 Å². The molecule has 5 nitrogen and oxygen atoms in total. The molecule has 1 heterocycles. The second-order valence-electron chi connectivity index (χ2n) is 7.66. The van der Waals surface area contributed by atoms with Gasteiger partial charge >= 0.3 is 6.03 Å². The molecule has 2 N–H and O–H groups in total. The maximum Gasteiger partial charge on any atom is 0.315 e. The number of pyridine rings is 1. The molecule has 5 heteroatoms. The normalized spacial score (nSPS) is 31.0. The minimum absolute atomic E-state index is 0.106. The maximum atomic E-state index is 12.3. The highest BCUT2D eigenvalue weighted by Crippen LogP contribution is 2.65. The number of ether oxygens (including phenoxy) is 1. The van der Waals surface area contributed by atoms with Gasteiger partial charge in [-0.3, -0.25) is 0 Å². The summed E-state index contributed by atoms with van der Waals surface area (Å²) in [5.41, 5.74) is 1.38. The van der Waals surface area contributed by atoms with Crippen molar-refractivity contribution in [1.82, 2.24) is 15.6 Å². The third-order valence-electron chi connectivity index (χ3n) is 6.58. The Labute approximate surface area is 138 Å². The number of amides is 2. The van der Waals surface area contributed by atoms with Gasteiger partial charge in [-0.15, -0.1) is 0 Å². The van der Waals surface area contributed by atoms with E-state index in [1.54, 1.807) is 13.3 Å². The number of carbonyl (C=O) groups is 1. The summed E-state index contributed by atoms with van der Waals surface area (Å²) in [6.07, 6.45) is 5.26. The number of aromatic nitrogens is 1. The molecule has 2 fully saturated rings. The highest BCUT2D eigenvalue weighted by Gasteiger charge is 2.61. The monoisotopic (exact) mass is 317 g/mol. The molecule has 0 unspecified atom stereocenters. The third kappa shape index (κ3) is 2.56. The van der Waals surface area contributed by atoms with Gasteiger partial charge in [0.2, 0.25) is 5.88 Å². The number of urea groups is 1. The highest BCUT2D eigenvalue weighted by atomic mass is 16.5. The Bertz CT molecular complexity index is 602. The Hall–Kier alpha value is -1.78. The first-order chi connectivity index (χ1) is 10.9. The first-order valence-electron chi connectivity index (χ1n) is 8.41. The van der Waals surface area contributed by atoms with Gasteiger partial charge in [0.25, 0.3) is 0 Å². The lowest BCUT2D eigenvalue weighted by atomic mass is 9.69. The number of rotatable bonds is 4. The van der Waals surface area contributed by atoms with E-state index in [-0.39, 0.29) is 17.5 Å².